The largest absolute Gasteiger partial charge is 0.478 e. The molecule has 2 rings (SSSR count). The lowest BCUT2D eigenvalue weighted by Gasteiger charge is -2.17. The zero-order valence-electron chi connectivity index (χ0n) is 11.4. The third-order valence-corrected chi connectivity index (χ3v) is 5.49. The highest BCUT2D eigenvalue weighted by molar-refractivity contribution is 9.11. The minimum atomic E-state index is -1.01. The van der Waals surface area contributed by atoms with E-state index in [1.807, 2.05) is 26.0 Å². The second-order valence-corrected chi connectivity index (χ2v) is 7.20. The first-order chi connectivity index (χ1) is 9.32. The molecule has 0 amide bonds. The van der Waals surface area contributed by atoms with Gasteiger partial charge >= 0.3 is 5.97 Å². The molecule has 5 heteroatoms. The van der Waals surface area contributed by atoms with E-state index in [0.717, 1.165) is 19.8 Å². The number of hydrogen-bond donors (Lipinski definition) is 2. The van der Waals surface area contributed by atoms with E-state index in [4.69, 9.17) is 0 Å². The zero-order valence-corrected chi connectivity index (χ0v) is 13.8. The molecular weight excluding hydrogens is 340 g/mol. The quantitative estimate of drug-likeness (QED) is 0.867. The highest BCUT2D eigenvalue weighted by atomic mass is 79.9. The van der Waals surface area contributed by atoms with Crippen molar-refractivity contribution in [2.45, 2.75) is 26.9 Å². The average molecular weight is 355 g/mol. The van der Waals surface area contributed by atoms with Gasteiger partial charge in [0.25, 0.3) is 0 Å². The Morgan fingerprint density at radius 1 is 1.20 bits per heavy atom. The fourth-order valence-corrected chi connectivity index (χ4v) is 3.80. The van der Waals surface area contributed by atoms with Crippen molar-refractivity contribution < 1.29 is 15.0 Å². The first kappa shape index (κ1) is 15.2. The number of aliphatic hydroxyl groups excluding tert-OH is 1. The second-order valence-electron chi connectivity index (χ2n) is 4.80. The second kappa shape index (κ2) is 5.68. The maximum Gasteiger partial charge on any atom is 0.336 e. The van der Waals surface area contributed by atoms with Crippen LogP contribution in [0.1, 0.15) is 43.6 Å². The van der Waals surface area contributed by atoms with Crippen LogP contribution < -0.4 is 0 Å². The summed E-state index contributed by atoms with van der Waals surface area (Å²) in [6.45, 7) is 5.51. The van der Waals surface area contributed by atoms with Crippen molar-refractivity contribution in [3.05, 3.63) is 54.7 Å². The van der Waals surface area contributed by atoms with E-state index in [9.17, 15) is 15.0 Å². The first-order valence-electron chi connectivity index (χ1n) is 6.10. The lowest BCUT2D eigenvalue weighted by atomic mass is 9.92. The van der Waals surface area contributed by atoms with Crippen molar-refractivity contribution >= 4 is 33.2 Å². The average Bonchev–Trinajstić information content (AvgIpc) is 2.71. The van der Waals surface area contributed by atoms with Crippen molar-refractivity contribution in [3.8, 4) is 0 Å². The number of aliphatic hydroxyl groups is 1. The summed E-state index contributed by atoms with van der Waals surface area (Å²) in [5.74, 6) is -1.01. The van der Waals surface area contributed by atoms with Crippen LogP contribution in [-0.2, 0) is 0 Å². The molecule has 1 atom stereocenters. The van der Waals surface area contributed by atoms with Gasteiger partial charge in [0.2, 0.25) is 0 Å². The van der Waals surface area contributed by atoms with E-state index in [1.54, 1.807) is 13.0 Å². The van der Waals surface area contributed by atoms with Gasteiger partial charge in [-0.25, -0.2) is 4.79 Å². The third-order valence-electron chi connectivity index (χ3n) is 3.30. The van der Waals surface area contributed by atoms with Crippen LogP contribution in [0.4, 0.5) is 0 Å². The maximum absolute atomic E-state index is 11.5. The molecule has 2 N–H and O–H groups in total. The van der Waals surface area contributed by atoms with E-state index in [0.29, 0.717) is 11.1 Å². The minimum absolute atomic E-state index is 0.194. The smallest absolute Gasteiger partial charge is 0.336 e. The Labute approximate surface area is 130 Å². The summed E-state index contributed by atoms with van der Waals surface area (Å²) in [4.78, 5) is 12.2. The number of carboxylic acids is 1. The van der Waals surface area contributed by atoms with Gasteiger partial charge in [0.05, 0.1) is 9.35 Å². The van der Waals surface area contributed by atoms with Gasteiger partial charge in [-0.15, -0.1) is 11.3 Å². The predicted molar refractivity (Wildman–Crippen MR) is 83.7 cm³/mol. The summed E-state index contributed by atoms with van der Waals surface area (Å²) in [7, 11) is 0. The van der Waals surface area contributed by atoms with Gasteiger partial charge in [0.1, 0.15) is 6.10 Å². The van der Waals surface area contributed by atoms with Gasteiger partial charge in [-0.05, 0) is 59.5 Å². The van der Waals surface area contributed by atoms with E-state index in [1.165, 1.54) is 11.3 Å². The van der Waals surface area contributed by atoms with Gasteiger partial charge < -0.3 is 10.2 Å². The molecule has 2 aromatic rings. The highest BCUT2D eigenvalue weighted by Gasteiger charge is 2.24. The summed E-state index contributed by atoms with van der Waals surface area (Å²) >= 11 is 4.85. The molecule has 1 aromatic heterocycles. The van der Waals surface area contributed by atoms with Crippen molar-refractivity contribution in [1.82, 2.24) is 0 Å². The molecule has 20 heavy (non-hydrogen) atoms. The first-order valence-corrected chi connectivity index (χ1v) is 7.71. The van der Waals surface area contributed by atoms with E-state index in [-0.39, 0.29) is 5.56 Å². The Bertz CT molecular complexity index is 656. The fraction of sp³-hybridized carbons (Fsp3) is 0.267. The van der Waals surface area contributed by atoms with E-state index in [2.05, 4.69) is 15.9 Å². The number of carbonyl (C=O) groups is 1. The fourth-order valence-electron chi connectivity index (χ4n) is 2.23. The van der Waals surface area contributed by atoms with Gasteiger partial charge in [-0.2, -0.15) is 0 Å². The molecule has 0 saturated carbocycles. The number of hydrogen-bond acceptors (Lipinski definition) is 3. The lowest BCUT2D eigenvalue weighted by Crippen LogP contribution is -2.11. The van der Waals surface area contributed by atoms with Crippen LogP contribution in [0.3, 0.4) is 0 Å². The normalized spacial score (nSPS) is 12.4. The van der Waals surface area contributed by atoms with Gasteiger partial charge in [-0.3, -0.25) is 0 Å². The lowest BCUT2D eigenvalue weighted by molar-refractivity contribution is 0.0690. The molecule has 3 nitrogen and oxygen atoms in total. The molecule has 0 bridgehead atoms. The zero-order chi connectivity index (χ0) is 15.0. The standard InChI is InChI=1S/C15H15BrO3S/c1-7-4-5-8(2)12(15(18)19)11(7)13(17)10-6-9(3)14(16)20-10/h4-6,13,17H,1-3H3,(H,18,19). The number of carboxylic acid groups (broad SMARTS) is 1. The predicted octanol–water partition coefficient (Wildman–Crippen LogP) is 4.22. The minimum Gasteiger partial charge on any atom is -0.478 e. The van der Waals surface area contributed by atoms with Crippen LogP contribution >= 0.6 is 27.3 Å². The Morgan fingerprint density at radius 3 is 2.30 bits per heavy atom. The maximum atomic E-state index is 11.5. The van der Waals surface area contributed by atoms with Gasteiger partial charge in [-0.1, -0.05) is 12.1 Å². The number of rotatable bonds is 3. The van der Waals surface area contributed by atoms with Crippen LogP contribution in [0.15, 0.2) is 22.0 Å². The van der Waals surface area contributed by atoms with E-state index >= 15 is 0 Å². The molecule has 1 heterocycles. The summed E-state index contributed by atoms with van der Waals surface area (Å²) in [6, 6.07) is 5.49. The van der Waals surface area contributed by atoms with Crippen molar-refractivity contribution in [2.24, 2.45) is 0 Å². The van der Waals surface area contributed by atoms with Crippen LogP contribution in [0.25, 0.3) is 0 Å². The Kier molecular flexibility index (Phi) is 4.32. The van der Waals surface area contributed by atoms with Crippen molar-refractivity contribution in [1.29, 1.82) is 0 Å². The molecule has 0 radical (unpaired) electrons. The number of aryl methyl sites for hydroxylation is 3. The third kappa shape index (κ3) is 2.66. The SMILES string of the molecule is Cc1cc(C(O)c2c(C)ccc(C)c2C(=O)O)sc1Br. The van der Waals surface area contributed by atoms with Gasteiger partial charge in [0.15, 0.2) is 0 Å². The summed E-state index contributed by atoms with van der Waals surface area (Å²) in [5.41, 5.74) is 3.14. The highest BCUT2D eigenvalue weighted by Crippen LogP contribution is 2.37. The summed E-state index contributed by atoms with van der Waals surface area (Å²) in [5, 5.41) is 20.0. The summed E-state index contributed by atoms with van der Waals surface area (Å²) in [6.07, 6.45) is -0.920. The monoisotopic (exact) mass is 354 g/mol. The molecule has 0 aliphatic rings. The molecule has 0 aliphatic heterocycles. The summed E-state index contributed by atoms with van der Waals surface area (Å²) < 4.78 is 0.953. The number of halogens is 1. The molecule has 1 aromatic carbocycles. The Hall–Kier alpha value is -1.17. The molecule has 1 unspecified atom stereocenters. The molecule has 106 valence electrons. The number of aromatic carboxylic acids is 1. The van der Waals surface area contributed by atoms with Crippen LogP contribution in [-0.4, -0.2) is 16.2 Å². The van der Waals surface area contributed by atoms with Crippen LogP contribution in [0.5, 0.6) is 0 Å². The number of thiophene rings is 1. The van der Waals surface area contributed by atoms with E-state index < -0.39 is 12.1 Å². The van der Waals surface area contributed by atoms with Crippen LogP contribution in [0.2, 0.25) is 0 Å². The molecule has 0 spiro atoms. The van der Waals surface area contributed by atoms with Crippen LogP contribution in [0, 0.1) is 20.8 Å². The van der Waals surface area contributed by atoms with Crippen molar-refractivity contribution in [3.63, 3.8) is 0 Å². The molecule has 0 saturated heterocycles. The molecule has 0 aliphatic carbocycles. The van der Waals surface area contributed by atoms with Crippen molar-refractivity contribution in [2.75, 3.05) is 0 Å². The molecular formula is C15H15BrO3S. The van der Waals surface area contributed by atoms with Gasteiger partial charge in [0, 0.05) is 10.4 Å². The molecule has 0 fully saturated rings. The topological polar surface area (TPSA) is 57.5 Å². The Morgan fingerprint density at radius 2 is 1.80 bits per heavy atom. The Balaban J connectivity index is 2.62. The number of benzene rings is 1.